The van der Waals surface area contributed by atoms with Crippen LogP contribution in [0.5, 0.6) is 11.5 Å². The van der Waals surface area contributed by atoms with Crippen molar-refractivity contribution in [1.82, 2.24) is 25.1 Å². The molecule has 1 aliphatic rings. The summed E-state index contributed by atoms with van der Waals surface area (Å²) >= 11 is 0. The molecule has 8 heteroatoms. The lowest BCUT2D eigenvalue weighted by molar-refractivity contribution is -0.125. The van der Waals surface area contributed by atoms with Crippen LogP contribution in [0.1, 0.15) is 11.4 Å². The molecular formula is C21H21N5O3. The van der Waals surface area contributed by atoms with Gasteiger partial charge in [0.1, 0.15) is 12.3 Å². The SMILES string of the molecule is Cc1nnnn1/C(=C\c1ccccc1)C(=O)N(C)C[C@H]1COc2ccccc2O1. The summed E-state index contributed by atoms with van der Waals surface area (Å²) in [7, 11) is 1.73. The molecule has 0 N–H and O–H groups in total. The third-order valence-electron chi connectivity index (χ3n) is 4.57. The van der Waals surface area contributed by atoms with Gasteiger partial charge in [0.05, 0.1) is 6.54 Å². The van der Waals surface area contributed by atoms with E-state index in [1.807, 2.05) is 54.6 Å². The maximum atomic E-state index is 13.3. The first-order valence-electron chi connectivity index (χ1n) is 9.28. The Bertz CT molecular complexity index is 1030. The fraction of sp³-hybridized carbons (Fsp3) is 0.238. The molecule has 2 aromatic carbocycles. The zero-order chi connectivity index (χ0) is 20.2. The summed E-state index contributed by atoms with van der Waals surface area (Å²) in [4.78, 5) is 14.9. The number of likely N-dealkylation sites (N-methyl/N-ethyl adjacent to an activating group) is 1. The number of carbonyl (C=O) groups is 1. The molecule has 3 aromatic rings. The third kappa shape index (κ3) is 4.11. The van der Waals surface area contributed by atoms with Crippen molar-refractivity contribution in [3.63, 3.8) is 0 Å². The number of hydrogen-bond donors (Lipinski definition) is 0. The minimum atomic E-state index is -0.271. The van der Waals surface area contributed by atoms with Crippen molar-refractivity contribution >= 4 is 17.7 Å². The van der Waals surface area contributed by atoms with Crippen molar-refractivity contribution < 1.29 is 14.3 Å². The highest BCUT2D eigenvalue weighted by molar-refractivity contribution is 6.18. The van der Waals surface area contributed by atoms with E-state index in [9.17, 15) is 4.79 Å². The number of para-hydroxylation sites is 2. The first-order chi connectivity index (χ1) is 14.1. The number of aromatic nitrogens is 4. The van der Waals surface area contributed by atoms with Gasteiger partial charge in [-0.3, -0.25) is 4.79 Å². The number of benzene rings is 2. The van der Waals surface area contributed by atoms with Crippen LogP contribution in [0.3, 0.4) is 0 Å². The fourth-order valence-corrected chi connectivity index (χ4v) is 3.11. The second kappa shape index (κ2) is 8.14. The molecule has 8 nitrogen and oxygen atoms in total. The molecule has 1 aromatic heterocycles. The van der Waals surface area contributed by atoms with Crippen LogP contribution in [0.15, 0.2) is 54.6 Å². The van der Waals surface area contributed by atoms with Gasteiger partial charge in [-0.2, -0.15) is 4.68 Å². The van der Waals surface area contributed by atoms with E-state index >= 15 is 0 Å². The maximum absolute atomic E-state index is 13.3. The molecule has 0 spiro atoms. The highest BCUT2D eigenvalue weighted by Crippen LogP contribution is 2.31. The van der Waals surface area contributed by atoms with Crippen LogP contribution in [-0.4, -0.2) is 57.3 Å². The number of carbonyl (C=O) groups excluding carboxylic acids is 1. The Morgan fingerprint density at radius 3 is 2.62 bits per heavy atom. The van der Waals surface area contributed by atoms with Gasteiger partial charge < -0.3 is 14.4 Å². The Labute approximate surface area is 168 Å². The van der Waals surface area contributed by atoms with Crippen LogP contribution in [0.25, 0.3) is 11.8 Å². The predicted molar refractivity (Wildman–Crippen MR) is 107 cm³/mol. The molecule has 0 fully saturated rings. The molecule has 0 bridgehead atoms. The van der Waals surface area contributed by atoms with Crippen molar-refractivity contribution in [2.24, 2.45) is 0 Å². The Hall–Kier alpha value is -3.68. The summed E-state index contributed by atoms with van der Waals surface area (Å²) in [5.74, 6) is 1.71. The number of tetrazole rings is 1. The number of rotatable bonds is 5. The van der Waals surface area contributed by atoms with Gasteiger partial charge in [-0.15, -0.1) is 5.10 Å². The molecule has 2 heterocycles. The summed E-state index contributed by atoms with van der Waals surface area (Å²) in [5.41, 5.74) is 1.24. The average Bonchev–Trinajstić information content (AvgIpc) is 3.17. The van der Waals surface area contributed by atoms with Gasteiger partial charge in [0.2, 0.25) is 0 Å². The summed E-state index contributed by atoms with van der Waals surface area (Å²) in [6.45, 7) is 2.48. The second-order valence-electron chi connectivity index (χ2n) is 6.76. The van der Waals surface area contributed by atoms with Crippen molar-refractivity contribution in [3.8, 4) is 11.5 Å². The molecule has 0 unspecified atom stereocenters. The monoisotopic (exact) mass is 391 g/mol. The molecular weight excluding hydrogens is 370 g/mol. The summed E-state index contributed by atoms with van der Waals surface area (Å²) < 4.78 is 13.2. The molecule has 148 valence electrons. The van der Waals surface area contributed by atoms with Crippen LogP contribution in [0.4, 0.5) is 0 Å². The molecule has 1 aliphatic heterocycles. The number of fused-ring (bicyclic) bond motifs is 1. The Balaban J connectivity index is 1.55. The van der Waals surface area contributed by atoms with Crippen molar-refractivity contribution in [3.05, 3.63) is 66.0 Å². The highest BCUT2D eigenvalue weighted by atomic mass is 16.6. The van der Waals surface area contributed by atoms with Crippen LogP contribution in [0, 0.1) is 6.92 Å². The predicted octanol–water partition coefficient (Wildman–Crippen LogP) is 2.28. The summed E-state index contributed by atoms with van der Waals surface area (Å²) in [6.07, 6.45) is 1.50. The number of aryl methyl sites for hydroxylation is 1. The number of ether oxygens (including phenoxy) is 2. The molecule has 0 saturated heterocycles. The van der Waals surface area contributed by atoms with E-state index in [2.05, 4.69) is 15.5 Å². The molecule has 1 amide bonds. The first-order valence-corrected chi connectivity index (χ1v) is 9.28. The molecule has 0 radical (unpaired) electrons. The van der Waals surface area contributed by atoms with E-state index in [1.54, 1.807) is 24.9 Å². The van der Waals surface area contributed by atoms with E-state index in [0.29, 0.717) is 36.2 Å². The minimum Gasteiger partial charge on any atom is -0.486 e. The highest BCUT2D eigenvalue weighted by Gasteiger charge is 2.26. The zero-order valence-corrected chi connectivity index (χ0v) is 16.2. The number of nitrogens with zero attached hydrogens (tertiary/aromatic N) is 5. The zero-order valence-electron chi connectivity index (χ0n) is 16.2. The number of amides is 1. The Morgan fingerprint density at radius 1 is 1.17 bits per heavy atom. The standard InChI is InChI=1S/C21H21N5O3/c1-15-22-23-24-26(15)18(12-16-8-4-3-5-9-16)21(27)25(2)13-17-14-28-19-10-6-7-11-20(19)29-17/h3-12,17H,13-14H2,1-2H3/b18-12-/t17-/m0/s1. The van der Waals surface area contributed by atoms with E-state index in [4.69, 9.17) is 9.47 Å². The second-order valence-corrected chi connectivity index (χ2v) is 6.76. The first kappa shape index (κ1) is 18.7. The van der Waals surface area contributed by atoms with Gasteiger partial charge in [-0.05, 0) is 41.1 Å². The maximum Gasteiger partial charge on any atom is 0.272 e. The van der Waals surface area contributed by atoms with E-state index in [0.717, 1.165) is 5.56 Å². The largest absolute Gasteiger partial charge is 0.486 e. The van der Waals surface area contributed by atoms with Crippen LogP contribution >= 0.6 is 0 Å². The molecule has 29 heavy (non-hydrogen) atoms. The van der Waals surface area contributed by atoms with Gasteiger partial charge in [-0.1, -0.05) is 42.5 Å². The molecule has 0 saturated carbocycles. The quantitative estimate of drug-likeness (QED) is 0.621. The lowest BCUT2D eigenvalue weighted by Gasteiger charge is -2.30. The third-order valence-corrected chi connectivity index (χ3v) is 4.57. The van der Waals surface area contributed by atoms with Crippen LogP contribution in [0.2, 0.25) is 0 Å². The fourth-order valence-electron chi connectivity index (χ4n) is 3.11. The van der Waals surface area contributed by atoms with Crippen molar-refractivity contribution in [2.45, 2.75) is 13.0 Å². The van der Waals surface area contributed by atoms with Crippen molar-refractivity contribution in [2.75, 3.05) is 20.2 Å². The van der Waals surface area contributed by atoms with E-state index < -0.39 is 0 Å². The molecule has 1 atom stereocenters. The lowest BCUT2D eigenvalue weighted by Crippen LogP contribution is -2.42. The topological polar surface area (TPSA) is 82.4 Å². The Kier molecular flexibility index (Phi) is 5.24. The van der Waals surface area contributed by atoms with Gasteiger partial charge in [0.25, 0.3) is 5.91 Å². The Morgan fingerprint density at radius 2 is 1.90 bits per heavy atom. The molecule has 4 rings (SSSR count). The van der Waals surface area contributed by atoms with Crippen molar-refractivity contribution in [1.29, 1.82) is 0 Å². The smallest absolute Gasteiger partial charge is 0.272 e. The summed E-state index contributed by atoms with van der Waals surface area (Å²) in [5, 5.41) is 11.6. The van der Waals surface area contributed by atoms with E-state index in [-0.39, 0.29) is 12.0 Å². The average molecular weight is 391 g/mol. The molecule has 0 aliphatic carbocycles. The van der Waals surface area contributed by atoms with Gasteiger partial charge in [-0.25, -0.2) is 0 Å². The van der Waals surface area contributed by atoms with Gasteiger partial charge in [0, 0.05) is 7.05 Å². The lowest BCUT2D eigenvalue weighted by atomic mass is 10.2. The summed E-state index contributed by atoms with van der Waals surface area (Å²) in [6, 6.07) is 17.1. The van der Waals surface area contributed by atoms with Crippen LogP contribution in [-0.2, 0) is 4.79 Å². The van der Waals surface area contributed by atoms with Gasteiger partial charge >= 0.3 is 0 Å². The van der Waals surface area contributed by atoms with Gasteiger partial charge in [0.15, 0.2) is 23.4 Å². The van der Waals surface area contributed by atoms with E-state index in [1.165, 1.54) is 4.68 Å². The van der Waals surface area contributed by atoms with Crippen LogP contribution < -0.4 is 9.47 Å². The normalized spacial score (nSPS) is 15.8. The minimum absolute atomic E-state index is 0.216. The number of hydrogen-bond acceptors (Lipinski definition) is 6.